The molecule has 1 fully saturated rings. The van der Waals surface area contributed by atoms with Crippen molar-refractivity contribution in [1.29, 1.82) is 0 Å². The van der Waals surface area contributed by atoms with Gasteiger partial charge in [0.05, 0.1) is 40.9 Å². The van der Waals surface area contributed by atoms with Crippen molar-refractivity contribution in [3.63, 3.8) is 0 Å². The van der Waals surface area contributed by atoms with Crippen LogP contribution in [0.25, 0.3) is 5.65 Å². The number of carbonyl (C=O) groups excluding carboxylic acids is 1. The number of ether oxygens (including phenoxy) is 1. The van der Waals surface area contributed by atoms with E-state index >= 15 is 0 Å². The Morgan fingerprint density at radius 2 is 1.90 bits per heavy atom. The third-order valence-corrected chi connectivity index (χ3v) is 6.79. The van der Waals surface area contributed by atoms with Crippen LogP contribution in [0, 0.1) is 0 Å². The van der Waals surface area contributed by atoms with Crippen molar-refractivity contribution in [2.45, 2.75) is 11.4 Å². The van der Waals surface area contributed by atoms with E-state index in [1.54, 1.807) is 41.1 Å². The molecular formula is C19H19ClN4O4S. The van der Waals surface area contributed by atoms with Gasteiger partial charge in [-0.15, -0.1) is 0 Å². The molecule has 1 saturated heterocycles. The maximum absolute atomic E-state index is 13.0. The van der Waals surface area contributed by atoms with Crippen molar-refractivity contribution < 1.29 is 17.9 Å². The maximum Gasteiger partial charge on any atom is 0.252 e. The van der Waals surface area contributed by atoms with Crippen LogP contribution in [0.3, 0.4) is 0 Å². The first-order valence-corrected chi connectivity index (χ1v) is 10.9. The second-order valence-corrected chi connectivity index (χ2v) is 8.88. The Morgan fingerprint density at radius 1 is 1.14 bits per heavy atom. The highest BCUT2D eigenvalue weighted by Gasteiger charge is 2.30. The van der Waals surface area contributed by atoms with E-state index < -0.39 is 15.9 Å². The molecule has 0 aliphatic carbocycles. The monoisotopic (exact) mass is 434 g/mol. The minimum Gasteiger partial charge on any atom is -0.379 e. The average Bonchev–Trinajstić information content (AvgIpc) is 3.14. The number of amides is 1. The summed E-state index contributed by atoms with van der Waals surface area (Å²) in [6, 6.07) is 9.71. The quantitative estimate of drug-likeness (QED) is 0.662. The summed E-state index contributed by atoms with van der Waals surface area (Å²) in [6.07, 6.45) is 3.48. The molecule has 0 radical (unpaired) electrons. The summed E-state index contributed by atoms with van der Waals surface area (Å²) in [5.74, 6) is -0.479. The van der Waals surface area contributed by atoms with E-state index in [-0.39, 0.29) is 30.1 Å². The molecule has 3 aromatic rings. The van der Waals surface area contributed by atoms with Gasteiger partial charge in [0.2, 0.25) is 10.0 Å². The van der Waals surface area contributed by atoms with Crippen molar-refractivity contribution in [3.8, 4) is 0 Å². The molecule has 0 spiro atoms. The van der Waals surface area contributed by atoms with Crippen LogP contribution in [0.2, 0.25) is 5.02 Å². The van der Waals surface area contributed by atoms with Crippen LogP contribution >= 0.6 is 11.6 Å². The lowest BCUT2D eigenvalue weighted by atomic mass is 10.2. The number of nitrogens with zero attached hydrogens (tertiary/aromatic N) is 3. The Hall–Kier alpha value is -2.46. The first-order chi connectivity index (χ1) is 13.9. The van der Waals surface area contributed by atoms with Crippen molar-refractivity contribution >= 4 is 33.2 Å². The molecule has 3 heterocycles. The van der Waals surface area contributed by atoms with E-state index in [9.17, 15) is 13.2 Å². The van der Waals surface area contributed by atoms with Gasteiger partial charge < -0.3 is 14.5 Å². The number of hydrogen-bond donors (Lipinski definition) is 1. The van der Waals surface area contributed by atoms with Crippen LogP contribution in [0.4, 0.5) is 0 Å². The standard InChI is InChI=1S/C19H19ClN4O4S/c20-14-5-6-18-22-15(13-23(18)12-14)11-21-19(25)16-3-1-2-4-17(16)29(26,27)24-7-9-28-10-8-24/h1-6,12-13H,7-11H2,(H,21,25). The molecule has 1 aromatic carbocycles. The smallest absolute Gasteiger partial charge is 0.252 e. The first kappa shape index (κ1) is 19.8. The van der Waals surface area contributed by atoms with E-state index in [2.05, 4.69) is 10.3 Å². The van der Waals surface area contributed by atoms with Gasteiger partial charge in [0.1, 0.15) is 5.65 Å². The molecule has 0 saturated carbocycles. The Balaban J connectivity index is 1.54. The second kappa shape index (κ2) is 8.11. The van der Waals surface area contributed by atoms with Crippen LogP contribution in [0.5, 0.6) is 0 Å². The predicted octanol–water partition coefficient (Wildman–Crippen LogP) is 1.94. The van der Waals surface area contributed by atoms with Gasteiger partial charge in [-0.1, -0.05) is 23.7 Å². The number of pyridine rings is 1. The lowest BCUT2D eigenvalue weighted by molar-refractivity contribution is 0.0729. The highest BCUT2D eigenvalue weighted by molar-refractivity contribution is 7.89. The zero-order valence-corrected chi connectivity index (χ0v) is 17.0. The molecule has 0 atom stereocenters. The summed E-state index contributed by atoms with van der Waals surface area (Å²) < 4.78 is 34.3. The number of fused-ring (bicyclic) bond motifs is 1. The number of carbonyl (C=O) groups is 1. The van der Waals surface area contributed by atoms with E-state index in [4.69, 9.17) is 16.3 Å². The summed E-state index contributed by atoms with van der Waals surface area (Å²) in [5, 5.41) is 3.33. The fourth-order valence-corrected chi connectivity index (χ4v) is 4.94. The van der Waals surface area contributed by atoms with E-state index in [1.807, 2.05) is 0 Å². The molecule has 0 bridgehead atoms. The highest BCUT2D eigenvalue weighted by Crippen LogP contribution is 2.21. The highest BCUT2D eigenvalue weighted by atomic mass is 35.5. The molecule has 1 amide bonds. The lowest BCUT2D eigenvalue weighted by Gasteiger charge is -2.26. The number of aromatic nitrogens is 2. The van der Waals surface area contributed by atoms with E-state index in [0.29, 0.717) is 29.6 Å². The molecule has 1 aliphatic rings. The molecule has 4 rings (SSSR count). The second-order valence-electron chi connectivity index (χ2n) is 6.54. The van der Waals surface area contributed by atoms with E-state index in [1.165, 1.54) is 16.4 Å². The number of halogens is 1. The minimum absolute atomic E-state index is 0.0128. The lowest BCUT2D eigenvalue weighted by Crippen LogP contribution is -2.41. The summed E-state index contributed by atoms with van der Waals surface area (Å²) in [4.78, 5) is 17.2. The van der Waals surface area contributed by atoms with Gasteiger partial charge in [0, 0.05) is 25.5 Å². The van der Waals surface area contributed by atoms with Gasteiger partial charge in [-0.05, 0) is 24.3 Å². The van der Waals surface area contributed by atoms with Gasteiger partial charge in [-0.2, -0.15) is 4.31 Å². The van der Waals surface area contributed by atoms with Crippen molar-refractivity contribution in [3.05, 3.63) is 65.1 Å². The summed E-state index contributed by atoms with van der Waals surface area (Å²) >= 11 is 5.97. The van der Waals surface area contributed by atoms with Crippen molar-refractivity contribution in [2.24, 2.45) is 0 Å². The first-order valence-electron chi connectivity index (χ1n) is 9.03. The van der Waals surface area contributed by atoms with Crippen molar-refractivity contribution in [1.82, 2.24) is 19.0 Å². The van der Waals surface area contributed by atoms with Crippen LogP contribution in [-0.2, 0) is 21.3 Å². The van der Waals surface area contributed by atoms with E-state index in [0.717, 1.165) is 0 Å². The molecule has 1 N–H and O–H groups in total. The van der Waals surface area contributed by atoms with Gasteiger partial charge in [-0.3, -0.25) is 4.79 Å². The van der Waals surface area contributed by atoms with Crippen LogP contribution in [0.1, 0.15) is 16.1 Å². The molecule has 0 unspecified atom stereocenters. The molecule has 29 heavy (non-hydrogen) atoms. The Labute approximate surface area is 173 Å². The predicted molar refractivity (Wildman–Crippen MR) is 107 cm³/mol. The van der Waals surface area contributed by atoms with Crippen molar-refractivity contribution in [2.75, 3.05) is 26.3 Å². The van der Waals surface area contributed by atoms with Crippen LogP contribution in [-0.4, -0.2) is 54.3 Å². The number of imidazole rings is 1. The molecular weight excluding hydrogens is 416 g/mol. The SMILES string of the molecule is O=C(NCc1cn2cc(Cl)ccc2n1)c1ccccc1S(=O)(=O)N1CCOCC1. The molecule has 8 nitrogen and oxygen atoms in total. The largest absolute Gasteiger partial charge is 0.379 e. The Bertz CT molecular complexity index is 1160. The molecule has 152 valence electrons. The van der Waals surface area contributed by atoms with Gasteiger partial charge in [-0.25, -0.2) is 13.4 Å². The third-order valence-electron chi connectivity index (χ3n) is 4.61. The summed E-state index contributed by atoms with van der Waals surface area (Å²) in [7, 11) is -3.79. The zero-order chi connectivity index (χ0) is 20.4. The number of rotatable bonds is 5. The minimum atomic E-state index is -3.79. The van der Waals surface area contributed by atoms with Crippen LogP contribution in [0.15, 0.2) is 53.7 Å². The normalized spacial score (nSPS) is 15.5. The maximum atomic E-state index is 13.0. The fraction of sp³-hybridized carbons (Fsp3) is 0.263. The van der Waals surface area contributed by atoms with Crippen LogP contribution < -0.4 is 5.32 Å². The third kappa shape index (κ3) is 4.13. The number of sulfonamides is 1. The fourth-order valence-electron chi connectivity index (χ4n) is 3.17. The summed E-state index contributed by atoms with van der Waals surface area (Å²) in [6.45, 7) is 1.37. The molecule has 10 heteroatoms. The molecule has 1 aliphatic heterocycles. The average molecular weight is 435 g/mol. The van der Waals surface area contributed by atoms with Gasteiger partial charge in [0.15, 0.2) is 0 Å². The zero-order valence-electron chi connectivity index (χ0n) is 15.4. The Kier molecular flexibility index (Phi) is 5.55. The number of morpholine rings is 1. The molecule has 2 aromatic heterocycles. The topological polar surface area (TPSA) is 93.0 Å². The van der Waals surface area contributed by atoms with Gasteiger partial charge >= 0.3 is 0 Å². The number of nitrogens with one attached hydrogen (secondary N) is 1. The number of hydrogen-bond acceptors (Lipinski definition) is 5. The van der Waals surface area contributed by atoms with Gasteiger partial charge in [0.25, 0.3) is 5.91 Å². The number of benzene rings is 1. The summed E-state index contributed by atoms with van der Waals surface area (Å²) in [5.41, 5.74) is 1.44. The Morgan fingerprint density at radius 3 is 2.69 bits per heavy atom.